The predicted molar refractivity (Wildman–Crippen MR) is 89.1 cm³/mol. The van der Waals surface area contributed by atoms with Gasteiger partial charge in [0.1, 0.15) is 9.84 Å². The molecule has 1 saturated heterocycles. The number of carbonyl (C=O) groups is 1. The molecule has 1 aromatic carbocycles. The van der Waals surface area contributed by atoms with E-state index in [9.17, 15) is 13.2 Å². The third-order valence-corrected chi connectivity index (χ3v) is 5.31. The minimum Gasteiger partial charge on any atom is -0.302 e. The maximum Gasteiger partial charge on any atom is 0.166 e. The number of likely N-dealkylation sites (tertiary alicyclic amines) is 1. The second-order valence-corrected chi connectivity index (χ2v) is 8.69. The highest BCUT2D eigenvalue weighted by Crippen LogP contribution is 2.23. The lowest BCUT2D eigenvalue weighted by Gasteiger charge is -2.31. The predicted octanol–water partition coefficient (Wildman–Crippen LogP) is 2.24. The summed E-state index contributed by atoms with van der Waals surface area (Å²) in [6, 6.07) is 5.97. The smallest absolute Gasteiger partial charge is 0.166 e. The van der Waals surface area contributed by atoms with Crippen molar-refractivity contribution in [1.82, 2.24) is 4.90 Å². The molecule has 0 spiro atoms. The van der Waals surface area contributed by atoms with E-state index in [1.165, 1.54) is 11.8 Å². The van der Waals surface area contributed by atoms with Gasteiger partial charge in [0.2, 0.25) is 0 Å². The van der Waals surface area contributed by atoms with Gasteiger partial charge < -0.3 is 4.90 Å². The average Bonchev–Trinajstić information content (AvgIpc) is 2.44. The van der Waals surface area contributed by atoms with Crippen molar-refractivity contribution in [1.29, 1.82) is 0 Å². The zero-order valence-corrected chi connectivity index (χ0v) is 14.4. The van der Waals surface area contributed by atoms with E-state index >= 15 is 0 Å². The molecule has 0 saturated carbocycles. The van der Waals surface area contributed by atoms with E-state index in [1.807, 2.05) is 26.0 Å². The number of rotatable bonds is 5. The monoisotopic (exact) mass is 323 g/mol. The van der Waals surface area contributed by atoms with E-state index in [4.69, 9.17) is 0 Å². The molecule has 0 radical (unpaired) electrons. The van der Waals surface area contributed by atoms with Crippen molar-refractivity contribution in [2.24, 2.45) is 5.92 Å². The first-order chi connectivity index (χ1) is 10.3. The van der Waals surface area contributed by atoms with Gasteiger partial charge in [-0.05, 0) is 45.3 Å². The summed E-state index contributed by atoms with van der Waals surface area (Å²) >= 11 is 0. The van der Waals surface area contributed by atoms with Crippen LogP contribution in [0.25, 0.3) is 0 Å². The molecular formula is C17H25NO3S. The van der Waals surface area contributed by atoms with E-state index in [1.54, 1.807) is 0 Å². The first-order valence-electron chi connectivity index (χ1n) is 7.78. The summed E-state index contributed by atoms with van der Waals surface area (Å²) in [5.41, 5.74) is 3.05. The first-order valence-corrected chi connectivity index (χ1v) is 9.84. The SMILES string of the molecule is Cc1ccc(C(=O)C2CCN(CCS(C)(=O)=O)CC2)c(C)c1. The van der Waals surface area contributed by atoms with Crippen molar-refractivity contribution in [2.75, 3.05) is 31.6 Å². The maximum atomic E-state index is 12.6. The van der Waals surface area contributed by atoms with Crippen LogP contribution in [0, 0.1) is 19.8 Å². The summed E-state index contributed by atoms with van der Waals surface area (Å²) in [7, 11) is -2.91. The maximum absolute atomic E-state index is 12.6. The molecule has 0 aliphatic carbocycles. The second kappa shape index (κ2) is 6.92. The second-order valence-electron chi connectivity index (χ2n) is 6.43. The van der Waals surface area contributed by atoms with Crippen LogP contribution in [0.15, 0.2) is 18.2 Å². The summed E-state index contributed by atoms with van der Waals surface area (Å²) in [5.74, 6) is 0.499. The standard InChI is InChI=1S/C17H25NO3S/c1-13-4-5-16(14(2)12-13)17(19)15-6-8-18(9-7-15)10-11-22(3,20)21/h4-5,12,15H,6-11H2,1-3H3. The fraction of sp³-hybridized carbons (Fsp3) is 0.588. The number of piperidine rings is 1. The topological polar surface area (TPSA) is 54.5 Å². The van der Waals surface area contributed by atoms with E-state index in [-0.39, 0.29) is 17.5 Å². The zero-order valence-electron chi connectivity index (χ0n) is 13.6. The summed E-state index contributed by atoms with van der Waals surface area (Å²) in [6.07, 6.45) is 2.90. The Morgan fingerprint density at radius 1 is 1.23 bits per heavy atom. The molecule has 0 N–H and O–H groups in total. The van der Waals surface area contributed by atoms with Gasteiger partial charge in [-0.3, -0.25) is 4.79 Å². The highest BCUT2D eigenvalue weighted by molar-refractivity contribution is 7.90. The molecule has 5 heteroatoms. The number of ketones is 1. The Labute approximate surface area is 133 Å². The highest BCUT2D eigenvalue weighted by atomic mass is 32.2. The Kier molecular flexibility index (Phi) is 5.40. The number of nitrogens with zero attached hydrogens (tertiary/aromatic N) is 1. The van der Waals surface area contributed by atoms with Crippen LogP contribution >= 0.6 is 0 Å². The minimum absolute atomic E-state index is 0.0656. The Hall–Kier alpha value is -1.20. The van der Waals surface area contributed by atoms with Crippen molar-refractivity contribution in [3.8, 4) is 0 Å². The van der Waals surface area contributed by atoms with E-state index in [0.29, 0.717) is 6.54 Å². The first kappa shape index (κ1) is 17.2. The van der Waals surface area contributed by atoms with Crippen LogP contribution in [0.4, 0.5) is 0 Å². The van der Waals surface area contributed by atoms with Crippen molar-refractivity contribution in [2.45, 2.75) is 26.7 Å². The number of benzene rings is 1. The van der Waals surface area contributed by atoms with Crippen molar-refractivity contribution >= 4 is 15.6 Å². The Morgan fingerprint density at radius 3 is 2.41 bits per heavy atom. The number of hydrogen-bond donors (Lipinski definition) is 0. The number of sulfone groups is 1. The molecule has 1 fully saturated rings. The number of carbonyl (C=O) groups excluding carboxylic acids is 1. The van der Waals surface area contributed by atoms with Crippen LogP contribution in [0.2, 0.25) is 0 Å². The van der Waals surface area contributed by atoms with Gasteiger partial charge in [0, 0.05) is 24.3 Å². The number of aryl methyl sites for hydroxylation is 2. The Bertz CT molecular complexity index is 644. The fourth-order valence-corrected chi connectivity index (χ4v) is 3.61. The van der Waals surface area contributed by atoms with E-state index < -0.39 is 9.84 Å². The number of Topliss-reactive ketones (excluding diaryl/α,β-unsaturated/α-hetero) is 1. The van der Waals surface area contributed by atoms with Gasteiger partial charge in [-0.15, -0.1) is 0 Å². The van der Waals surface area contributed by atoms with Gasteiger partial charge in [-0.2, -0.15) is 0 Å². The van der Waals surface area contributed by atoms with E-state index in [0.717, 1.165) is 37.1 Å². The molecule has 22 heavy (non-hydrogen) atoms. The molecule has 1 aliphatic heterocycles. The van der Waals surface area contributed by atoms with Gasteiger partial charge in [-0.1, -0.05) is 23.8 Å². The van der Waals surface area contributed by atoms with Crippen molar-refractivity contribution in [3.63, 3.8) is 0 Å². The van der Waals surface area contributed by atoms with Gasteiger partial charge in [0.25, 0.3) is 0 Å². The van der Waals surface area contributed by atoms with Gasteiger partial charge in [0.15, 0.2) is 5.78 Å². The largest absolute Gasteiger partial charge is 0.302 e. The Balaban J connectivity index is 1.92. The molecule has 0 bridgehead atoms. The van der Waals surface area contributed by atoms with Crippen LogP contribution in [-0.4, -0.2) is 50.7 Å². The lowest BCUT2D eigenvalue weighted by Crippen LogP contribution is -2.38. The zero-order chi connectivity index (χ0) is 16.3. The van der Waals surface area contributed by atoms with Gasteiger partial charge in [-0.25, -0.2) is 8.42 Å². The van der Waals surface area contributed by atoms with Crippen LogP contribution in [0.5, 0.6) is 0 Å². The van der Waals surface area contributed by atoms with Crippen molar-refractivity contribution < 1.29 is 13.2 Å². The molecule has 4 nitrogen and oxygen atoms in total. The molecule has 0 unspecified atom stereocenters. The summed E-state index contributed by atoms with van der Waals surface area (Å²) in [5, 5.41) is 0. The fourth-order valence-electron chi connectivity index (χ4n) is 3.02. The third-order valence-electron chi connectivity index (χ3n) is 4.38. The normalized spacial score (nSPS) is 17.6. The van der Waals surface area contributed by atoms with Gasteiger partial charge >= 0.3 is 0 Å². The summed E-state index contributed by atoms with van der Waals surface area (Å²) in [4.78, 5) is 14.8. The molecule has 1 aliphatic rings. The lowest BCUT2D eigenvalue weighted by molar-refractivity contribution is 0.0844. The molecule has 0 aromatic heterocycles. The van der Waals surface area contributed by atoms with Crippen LogP contribution in [0.1, 0.15) is 34.3 Å². The van der Waals surface area contributed by atoms with Crippen LogP contribution < -0.4 is 0 Å². The quantitative estimate of drug-likeness (QED) is 0.780. The molecule has 1 heterocycles. The van der Waals surface area contributed by atoms with Crippen LogP contribution in [-0.2, 0) is 9.84 Å². The van der Waals surface area contributed by atoms with Crippen molar-refractivity contribution in [3.05, 3.63) is 34.9 Å². The molecular weight excluding hydrogens is 298 g/mol. The van der Waals surface area contributed by atoms with Crippen LogP contribution in [0.3, 0.4) is 0 Å². The molecule has 0 atom stereocenters. The summed E-state index contributed by atoms with van der Waals surface area (Å²) < 4.78 is 22.4. The Morgan fingerprint density at radius 2 is 1.86 bits per heavy atom. The summed E-state index contributed by atoms with van der Waals surface area (Å²) in [6.45, 7) is 6.19. The molecule has 0 amide bonds. The number of hydrogen-bond acceptors (Lipinski definition) is 4. The van der Waals surface area contributed by atoms with E-state index in [2.05, 4.69) is 11.0 Å². The third kappa shape index (κ3) is 4.65. The molecule has 122 valence electrons. The van der Waals surface area contributed by atoms with Gasteiger partial charge in [0.05, 0.1) is 5.75 Å². The lowest BCUT2D eigenvalue weighted by atomic mass is 9.87. The average molecular weight is 323 g/mol. The molecule has 2 rings (SSSR count). The molecule has 1 aromatic rings. The minimum atomic E-state index is -2.91. The highest BCUT2D eigenvalue weighted by Gasteiger charge is 2.26.